The van der Waals surface area contributed by atoms with Crippen molar-refractivity contribution in [1.82, 2.24) is 10.2 Å². The van der Waals surface area contributed by atoms with Gasteiger partial charge in [0.15, 0.2) is 12.4 Å². The number of nitriles is 2. The second kappa shape index (κ2) is 3.05. The average Bonchev–Trinajstić information content (AvgIpc) is 2.04. The third-order valence-electron chi connectivity index (χ3n) is 1.48. The number of nitrogens with one attached hydrogen (secondary N) is 1. The molecule has 0 aromatic heterocycles. The van der Waals surface area contributed by atoms with E-state index < -0.39 is 6.17 Å². The van der Waals surface area contributed by atoms with Gasteiger partial charge in [-0.3, -0.25) is 10.2 Å². The van der Waals surface area contributed by atoms with Gasteiger partial charge in [-0.05, 0) is 13.0 Å². The molecule has 4 heteroatoms. The first-order valence-electron chi connectivity index (χ1n) is 3.18. The summed E-state index contributed by atoms with van der Waals surface area (Å²) >= 11 is 0. The van der Waals surface area contributed by atoms with Crippen LogP contribution < -0.4 is 5.32 Å². The Labute approximate surface area is 59.7 Å². The minimum absolute atomic E-state index is 0.404. The van der Waals surface area contributed by atoms with E-state index in [1.54, 1.807) is 0 Å². The average molecular weight is 136 g/mol. The van der Waals surface area contributed by atoms with Gasteiger partial charge in [-0.25, -0.2) is 0 Å². The normalized spacial score (nSPS) is 25.0. The van der Waals surface area contributed by atoms with Crippen LogP contribution in [0.2, 0.25) is 0 Å². The van der Waals surface area contributed by atoms with Crippen molar-refractivity contribution < 1.29 is 0 Å². The van der Waals surface area contributed by atoms with E-state index in [0.29, 0.717) is 6.54 Å². The summed E-state index contributed by atoms with van der Waals surface area (Å²) in [4.78, 5) is 1.45. The second-order valence-corrected chi connectivity index (χ2v) is 2.13. The SMILES string of the molecule is N#CC1NCCCN1C#N. The molecule has 1 rings (SSSR count). The summed E-state index contributed by atoms with van der Waals surface area (Å²) in [6.45, 7) is 1.53. The van der Waals surface area contributed by atoms with E-state index in [1.807, 2.05) is 12.3 Å². The van der Waals surface area contributed by atoms with Gasteiger partial charge in [-0.1, -0.05) is 0 Å². The van der Waals surface area contributed by atoms with E-state index in [1.165, 1.54) is 4.90 Å². The summed E-state index contributed by atoms with van der Waals surface area (Å²) < 4.78 is 0. The van der Waals surface area contributed by atoms with Crippen LogP contribution >= 0.6 is 0 Å². The topological polar surface area (TPSA) is 62.9 Å². The van der Waals surface area contributed by atoms with E-state index in [4.69, 9.17) is 10.5 Å². The summed E-state index contributed by atoms with van der Waals surface area (Å²) in [6, 6.07) is 2.00. The molecule has 52 valence electrons. The van der Waals surface area contributed by atoms with Crippen molar-refractivity contribution in [1.29, 1.82) is 10.5 Å². The highest BCUT2D eigenvalue weighted by atomic mass is 15.3. The summed E-state index contributed by atoms with van der Waals surface area (Å²) in [7, 11) is 0. The van der Waals surface area contributed by atoms with Crippen LogP contribution in [0.1, 0.15) is 6.42 Å². The standard InChI is InChI=1S/C6H8N4/c7-4-6-9-2-1-3-10(6)5-8/h6,9H,1-3H2. The first kappa shape index (κ1) is 6.85. The smallest absolute Gasteiger partial charge is 0.181 e. The van der Waals surface area contributed by atoms with Crippen LogP contribution in [0, 0.1) is 22.8 Å². The first-order chi connectivity index (χ1) is 4.88. The molecule has 0 aromatic rings. The molecule has 0 bridgehead atoms. The fourth-order valence-corrected chi connectivity index (χ4v) is 0.951. The van der Waals surface area contributed by atoms with Crippen molar-refractivity contribution >= 4 is 0 Å². The van der Waals surface area contributed by atoms with Gasteiger partial charge >= 0.3 is 0 Å². The number of rotatable bonds is 0. The molecule has 1 atom stereocenters. The molecule has 0 aliphatic carbocycles. The molecule has 0 radical (unpaired) electrons. The van der Waals surface area contributed by atoms with Crippen LogP contribution in [-0.4, -0.2) is 24.2 Å². The van der Waals surface area contributed by atoms with E-state index in [9.17, 15) is 0 Å². The van der Waals surface area contributed by atoms with Gasteiger partial charge in [0.05, 0.1) is 0 Å². The largest absolute Gasteiger partial charge is 0.285 e. The van der Waals surface area contributed by atoms with Gasteiger partial charge in [0.1, 0.15) is 6.07 Å². The number of hydrogen-bond donors (Lipinski definition) is 1. The van der Waals surface area contributed by atoms with Crippen LogP contribution in [0.5, 0.6) is 0 Å². The number of nitrogens with zero attached hydrogens (tertiary/aromatic N) is 3. The molecule has 1 unspecified atom stereocenters. The molecule has 0 spiro atoms. The van der Waals surface area contributed by atoms with Crippen molar-refractivity contribution in [2.45, 2.75) is 12.6 Å². The quantitative estimate of drug-likeness (QED) is 0.461. The summed E-state index contributed by atoms with van der Waals surface area (Å²) in [5, 5.41) is 19.9. The molecule has 0 aromatic carbocycles. The fourth-order valence-electron chi connectivity index (χ4n) is 0.951. The van der Waals surface area contributed by atoms with Crippen molar-refractivity contribution in [3.63, 3.8) is 0 Å². The molecule has 1 aliphatic rings. The molecular formula is C6H8N4. The lowest BCUT2D eigenvalue weighted by Crippen LogP contribution is -2.47. The molecule has 0 saturated carbocycles. The lowest BCUT2D eigenvalue weighted by atomic mass is 10.3. The Kier molecular flexibility index (Phi) is 2.09. The van der Waals surface area contributed by atoms with Crippen LogP contribution in [0.15, 0.2) is 0 Å². The molecule has 1 saturated heterocycles. The van der Waals surface area contributed by atoms with Gasteiger partial charge in [-0.2, -0.15) is 10.5 Å². The lowest BCUT2D eigenvalue weighted by molar-refractivity contribution is 0.249. The fraction of sp³-hybridized carbons (Fsp3) is 0.667. The maximum Gasteiger partial charge on any atom is 0.181 e. The molecule has 1 aliphatic heterocycles. The van der Waals surface area contributed by atoms with Crippen molar-refractivity contribution in [2.24, 2.45) is 0 Å². The highest BCUT2D eigenvalue weighted by Gasteiger charge is 2.18. The molecule has 1 heterocycles. The second-order valence-electron chi connectivity index (χ2n) is 2.13. The maximum absolute atomic E-state index is 8.49. The van der Waals surface area contributed by atoms with E-state index >= 15 is 0 Å². The molecule has 1 fully saturated rings. The minimum Gasteiger partial charge on any atom is -0.285 e. The minimum atomic E-state index is -0.404. The van der Waals surface area contributed by atoms with Gasteiger partial charge in [0, 0.05) is 6.54 Å². The molecular weight excluding hydrogens is 128 g/mol. The zero-order chi connectivity index (χ0) is 7.40. The van der Waals surface area contributed by atoms with Crippen LogP contribution in [0.25, 0.3) is 0 Å². The van der Waals surface area contributed by atoms with Crippen molar-refractivity contribution in [2.75, 3.05) is 13.1 Å². The predicted molar refractivity (Wildman–Crippen MR) is 34.3 cm³/mol. The Morgan fingerprint density at radius 2 is 2.30 bits per heavy atom. The van der Waals surface area contributed by atoms with Crippen LogP contribution in [0.4, 0.5) is 0 Å². The highest BCUT2D eigenvalue weighted by molar-refractivity contribution is 4.97. The molecule has 0 amide bonds. The Balaban J connectivity index is 2.54. The summed E-state index contributed by atoms with van der Waals surface area (Å²) in [5.41, 5.74) is 0. The van der Waals surface area contributed by atoms with E-state index in [-0.39, 0.29) is 0 Å². The Morgan fingerprint density at radius 1 is 1.50 bits per heavy atom. The Bertz CT molecular complexity index is 165. The zero-order valence-electron chi connectivity index (χ0n) is 5.54. The van der Waals surface area contributed by atoms with Gasteiger partial charge in [-0.15, -0.1) is 0 Å². The Morgan fingerprint density at radius 3 is 2.80 bits per heavy atom. The summed E-state index contributed by atoms with van der Waals surface area (Å²) in [6.07, 6.45) is 2.49. The van der Waals surface area contributed by atoms with Crippen LogP contribution in [-0.2, 0) is 0 Å². The third-order valence-corrected chi connectivity index (χ3v) is 1.48. The number of hydrogen-bond acceptors (Lipinski definition) is 4. The molecule has 10 heavy (non-hydrogen) atoms. The lowest BCUT2D eigenvalue weighted by Gasteiger charge is -2.26. The van der Waals surface area contributed by atoms with E-state index in [2.05, 4.69) is 5.32 Å². The first-order valence-corrected chi connectivity index (χ1v) is 3.18. The third kappa shape index (κ3) is 1.18. The van der Waals surface area contributed by atoms with Crippen molar-refractivity contribution in [3.05, 3.63) is 0 Å². The maximum atomic E-state index is 8.49. The van der Waals surface area contributed by atoms with Gasteiger partial charge < -0.3 is 0 Å². The predicted octanol–water partition coefficient (Wildman–Crippen LogP) is -0.388. The monoisotopic (exact) mass is 136 g/mol. The van der Waals surface area contributed by atoms with E-state index in [0.717, 1.165) is 13.0 Å². The van der Waals surface area contributed by atoms with Crippen LogP contribution in [0.3, 0.4) is 0 Å². The van der Waals surface area contributed by atoms with Crippen molar-refractivity contribution in [3.8, 4) is 12.3 Å². The zero-order valence-corrected chi connectivity index (χ0v) is 5.54. The molecule has 4 nitrogen and oxygen atoms in total. The summed E-state index contributed by atoms with van der Waals surface area (Å²) in [5.74, 6) is 0. The van der Waals surface area contributed by atoms with Gasteiger partial charge in [0.25, 0.3) is 0 Å². The highest BCUT2D eigenvalue weighted by Crippen LogP contribution is 2.00. The van der Waals surface area contributed by atoms with Gasteiger partial charge in [0.2, 0.25) is 0 Å². The molecule has 1 N–H and O–H groups in total. The Hall–Kier alpha value is -1.26.